The Bertz CT molecular complexity index is 1390. The van der Waals surface area contributed by atoms with Crippen LogP contribution in [0.2, 0.25) is 0 Å². The molecule has 0 spiro atoms. The van der Waals surface area contributed by atoms with Gasteiger partial charge in [0.15, 0.2) is 0 Å². The van der Waals surface area contributed by atoms with Gasteiger partial charge in [0.1, 0.15) is 0 Å². The van der Waals surface area contributed by atoms with Crippen LogP contribution in [-0.4, -0.2) is 53.3 Å². The van der Waals surface area contributed by atoms with Crippen molar-refractivity contribution in [3.8, 4) is 0 Å². The van der Waals surface area contributed by atoms with Crippen LogP contribution in [0.1, 0.15) is 38.2 Å². The zero-order chi connectivity index (χ0) is 27.1. The Morgan fingerprint density at radius 2 is 1.07 bits per heavy atom. The van der Waals surface area contributed by atoms with Crippen LogP contribution in [0.25, 0.3) is 0 Å². The van der Waals surface area contributed by atoms with Gasteiger partial charge in [0.05, 0.1) is 0 Å². The number of nitrogens with zero attached hydrogens (tertiary/aromatic N) is 3. The van der Waals surface area contributed by atoms with E-state index in [1.807, 2.05) is 24.3 Å². The Labute approximate surface area is 238 Å². The molecular weight excluding hydrogens is 492 g/mol. The molecule has 204 valence electrons. The summed E-state index contributed by atoms with van der Waals surface area (Å²) in [5, 5.41) is 3.06. The van der Waals surface area contributed by atoms with Crippen LogP contribution in [-0.2, 0) is 32.6 Å². The zero-order valence-electron chi connectivity index (χ0n) is 23.1. The summed E-state index contributed by atoms with van der Waals surface area (Å²) in [6.07, 6.45) is 1.10. The smallest absolute Gasteiger partial charge is 0.255 e. The first kappa shape index (κ1) is 26.5. The van der Waals surface area contributed by atoms with Gasteiger partial charge in [0.2, 0.25) is 0 Å². The number of hydrogen-bond donors (Lipinski definition) is 1. The first-order valence-corrected chi connectivity index (χ1v) is 14.4. The standard InChI is InChI=1S/C35H38N4O/c40-35(32-14-10-29(11-15-32)26-39-19-18-31-8-4-5-9-33(31)27-39)36-34-16-12-30(13-17-34)25-38-22-20-37(21-23-38)24-28-6-2-1-3-7-28/h1-17H,18-27H2,(H,36,40). The molecule has 0 radical (unpaired) electrons. The molecule has 1 amide bonds. The number of fused-ring (bicyclic) bond motifs is 1. The van der Waals surface area contributed by atoms with Gasteiger partial charge in [0, 0.05) is 70.2 Å². The Kier molecular flexibility index (Phi) is 8.33. The lowest BCUT2D eigenvalue weighted by Crippen LogP contribution is -2.45. The van der Waals surface area contributed by atoms with Crippen LogP contribution >= 0.6 is 0 Å². The van der Waals surface area contributed by atoms with E-state index in [2.05, 4.69) is 98.9 Å². The molecule has 1 fully saturated rings. The van der Waals surface area contributed by atoms with Gasteiger partial charge in [0.25, 0.3) is 5.91 Å². The number of anilines is 1. The molecule has 4 aromatic rings. The second kappa shape index (κ2) is 12.6. The van der Waals surface area contributed by atoms with Crippen LogP contribution in [0.5, 0.6) is 0 Å². The van der Waals surface area contributed by atoms with E-state index in [-0.39, 0.29) is 5.91 Å². The van der Waals surface area contributed by atoms with Crippen LogP contribution in [0.4, 0.5) is 5.69 Å². The summed E-state index contributed by atoms with van der Waals surface area (Å²) in [6.45, 7) is 9.26. The predicted molar refractivity (Wildman–Crippen MR) is 162 cm³/mol. The van der Waals surface area contributed by atoms with E-state index in [4.69, 9.17) is 0 Å². The minimum absolute atomic E-state index is 0.0688. The van der Waals surface area contributed by atoms with Crippen molar-refractivity contribution < 1.29 is 4.79 Å². The maximum atomic E-state index is 12.9. The molecule has 2 heterocycles. The summed E-state index contributed by atoms with van der Waals surface area (Å²) in [4.78, 5) is 20.4. The van der Waals surface area contributed by atoms with E-state index < -0.39 is 0 Å². The van der Waals surface area contributed by atoms with E-state index in [1.54, 1.807) is 0 Å². The maximum absolute atomic E-state index is 12.9. The topological polar surface area (TPSA) is 38.8 Å². The van der Waals surface area contributed by atoms with Crippen molar-refractivity contribution in [3.05, 3.63) is 137 Å². The molecule has 0 unspecified atom stereocenters. The number of benzene rings is 4. The molecule has 40 heavy (non-hydrogen) atoms. The van der Waals surface area contributed by atoms with E-state index in [9.17, 15) is 4.79 Å². The molecule has 1 N–H and O–H groups in total. The van der Waals surface area contributed by atoms with Crippen LogP contribution < -0.4 is 5.32 Å². The minimum Gasteiger partial charge on any atom is -0.322 e. The molecule has 5 nitrogen and oxygen atoms in total. The summed E-state index contributed by atoms with van der Waals surface area (Å²) in [5.74, 6) is -0.0688. The van der Waals surface area contributed by atoms with Crippen molar-refractivity contribution in [2.75, 3.05) is 38.0 Å². The van der Waals surface area contributed by atoms with Crippen molar-refractivity contribution >= 4 is 11.6 Å². The third-order valence-corrected chi connectivity index (χ3v) is 8.16. The summed E-state index contributed by atoms with van der Waals surface area (Å²) in [7, 11) is 0. The molecule has 0 atom stereocenters. The highest BCUT2D eigenvalue weighted by Crippen LogP contribution is 2.21. The van der Waals surface area contributed by atoms with Gasteiger partial charge in [-0.1, -0.05) is 78.9 Å². The molecule has 0 aliphatic carbocycles. The van der Waals surface area contributed by atoms with Gasteiger partial charge in [-0.25, -0.2) is 0 Å². The molecule has 0 aromatic heterocycles. The fourth-order valence-electron chi connectivity index (χ4n) is 5.81. The first-order valence-electron chi connectivity index (χ1n) is 14.4. The van der Waals surface area contributed by atoms with Crippen molar-refractivity contribution in [1.29, 1.82) is 0 Å². The normalized spacial score (nSPS) is 16.4. The molecule has 0 bridgehead atoms. The SMILES string of the molecule is O=C(Nc1ccc(CN2CCN(Cc3ccccc3)CC2)cc1)c1ccc(CN2CCc3ccccc3C2)cc1. The summed E-state index contributed by atoms with van der Waals surface area (Å²) in [5.41, 5.74) is 8.31. The van der Waals surface area contributed by atoms with Gasteiger partial charge in [-0.05, 0) is 58.5 Å². The van der Waals surface area contributed by atoms with E-state index >= 15 is 0 Å². The monoisotopic (exact) mass is 530 g/mol. The predicted octanol–water partition coefficient (Wildman–Crippen LogP) is 5.82. The third-order valence-electron chi connectivity index (χ3n) is 8.16. The summed E-state index contributed by atoms with van der Waals surface area (Å²) < 4.78 is 0. The Balaban J connectivity index is 0.955. The van der Waals surface area contributed by atoms with Gasteiger partial charge in [-0.15, -0.1) is 0 Å². The molecular formula is C35H38N4O. The van der Waals surface area contributed by atoms with Crippen molar-refractivity contribution in [2.45, 2.75) is 32.6 Å². The van der Waals surface area contributed by atoms with E-state index in [0.717, 1.165) is 71.0 Å². The Hall–Kier alpha value is -3.77. The summed E-state index contributed by atoms with van der Waals surface area (Å²) >= 11 is 0. The Morgan fingerprint density at radius 3 is 1.73 bits per heavy atom. The number of nitrogens with one attached hydrogen (secondary N) is 1. The first-order chi connectivity index (χ1) is 19.7. The minimum atomic E-state index is -0.0688. The van der Waals surface area contributed by atoms with E-state index in [1.165, 1.54) is 27.8 Å². The van der Waals surface area contributed by atoms with Crippen LogP contribution in [0, 0.1) is 0 Å². The van der Waals surface area contributed by atoms with Gasteiger partial charge < -0.3 is 5.32 Å². The van der Waals surface area contributed by atoms with Crippen molar-refractivity contribution in [3.63, 3.8) is 0 Å². The Morgan fingerprint density at radius 1 is 0.550 bits per heavy atom. The number of hydrogen-bond acceptors (Lipinski definition) is 4. The van der Waals surface area contributed by atoms with Gasteiger partial charge in [-0.2, -0.15) is 0 Å². The molecule has 4 aromatic carbocycles. The average Bonchev–Trinajstić information content (AvgIpc) is 3.00. The van der Waals surface area contributed by atoms with Crippen molar-refractivity contribution in [2.24, 2.45) is 0 Å². The molecule has 6 rings (SSSR count). The van der Waals surface area contributed by atoms with E-state index in [0.29, 0.717) is 5.56 Å². The number of amides is 1. The molecule has 0 saturated carbocycles. The average molecular weight is 531 g/mol. The third kappa shape index (κ3) is 6.86. The lowest BCUT2D eigenvalue weighted by atomic mass is 9.99. The zero-order valence-corrected chi connectivity index (χ0v) is 23.1. The fraction of sp³-hybridized carbons (Fsp3) is 0.286. The highest BCUT2D eigenvalue weighted by atomic mass is 16.1. The largest absolute Gasteiger partial charge is 0.322 e. The maximum Gasteiger partial charge on any atom is 0.255 e. The highest BCUT2D eigenvalue weighted by Gasteiger charge is 2.18. The lowest BCUT2D eigenvalue weighted by Gasteiger charge is -2.34. The van der Waals surface area contributed by atoms with Crippen LogP contribution in [0.3, 0.4) is 0 Å². The molecule has 1 saturated heterocycles. The summed E-state index contributed by atoms with van der Waals surface area (Å²) in [6, 6.07) is 35.8. The quantitative estimate of drug-likeness (QED) is 0.312. The lowest BCUT2D eigenvalue weighted by molar-refractivity contribution is 0.102. The van der Waals surface area contributed by atoms with Crippen molar-refractivity contribution in [1.82, 2.24) is 14.7 Å². The highest BCUT2D eigenvalue weighted by molar-refractivity contribution is 6.04. The number of carbonyl (C=O) groups is 1. The second-order valence-corrected chi connectivity index (χ2v) is 11.1. The molecule has 2 aliphatic heterocycles. The number of piperazine rings is 1. The van der Waals surface area contributed by atoms with Gasteiger partial charge >= 0.3 is 0 Å². The number of carbonyl (C=O) groups excluding carboxylic acids is 1. The second-order valence-electron chi connectivity index (χ2n) is 11.1. The van der Waals surface area contributed by atoms with Crippen LogP contribution in [0.15, 0.2) is 103 Å². The number of rotatable bonds is 8. The van der Waals surface area contributed by atoms with Gasteiger partial charge in [-0.3, -0.25) is 19.5 Å². The molecule has 2 aliphatic rings. The fourth-order valence-corrected chi connectivity index (χ4v) is 5.81. The molecule has 5 heteroatoms.